The Labute approximate surface area is 194 Å². The van der Waals surface area contributed by atoms with Gasteiger partial charge in [-0.15, -0.1) is 0 Å². The first-order valence-electron chi connectivity index (χ1n) is 9.93. The molecule has 0 radical (unpaired) electrons. The van der Waals surface area contributed by atoms with E-state index < -0.39 is 5.91 Å². The SMILES string of the molecule is Cc1cc(/C=C2/C(=N)N3N=C(c4ccccc4)SC3=NC2=O)c(C)n1-c1ccccc1Cl. The number of halogens is 1. The van der Waals surface area contributed by atoms with Gasteiger partial charge in [0, 0.05) is 17.0 Å². The van der Waals surface area contributed by atoms with Gasteiger partial charge in [-0.2, -0.15) is 15.1 Å². The van der Waals surface area contributed by atoms with Crippen LogP contribution < -0.4 is 0 Å². The molecule has 32 heavy (non-hydrogen) atoms. The van der Waals surface area contributed by atoms with Gasteiger partial charge in [0.15, 0.2) is 5.84 Å². The van der Waals surface area contributed by atoms with Crippen molar-refractivity contribution in [2.24, 2.45) is 10.1 Å². The van der Waals surface area contributed by atoms with Gasteiger partial charge in [0.2, 0.25) is 5.17 Å². The summed E-state index contributed by atoms with van der Waals surface area (Å²) >= 11 is 7.70. The molecule has 158 valence electrons. The number of amides is 1. The Kier molecular flexibility index (Phi) is 5.07. The number of hydrogen-bond acceptors (Lipinski definition) is 4. The summed E-state index contributed by atoms with van der Waals surface area (Å²) in [4.78, 5) is 17.0. The molecule has 6 nitrogen and oxygen atoms in total. The smallest absolute Gasteiger partial charge is 0.283 e. The molecule has 0 atom stereocenters. The Bertz CT molecular complexity index is 1370. The van der Waals surface area contributed by atoms with Gasteiger partial charge in [-0.05, 0) is 55.4 Å². The van der Waals surface area contributed by atoms with E-state index in [2.05, 4.69) is 10.1 Å². The van der Waals surface area contributed by atoms with Gasteiger partial charge in [-0.1, -0.05) is 54.1 Å². The van der Waals surface area contributed by atoms with Crippen LogP contribution in [0.4, 0.5) is 0 Å². The summed E-state index contributed by atoms with van der Waals surface area (Å²) in [6, 6.07) is 19.3. The fraction of sp³-hybridized carbons (Fsp3) is 0.0833. The highest BCUT2D eigenvalue weighted by molar-refractivity contribution is 8.27. The summed E-state index contributed by atoms with van der Waals surface area (Å²) in [6.45, 7) is 3.95. The van der Waals surface area contributed by atoms with E-state index >= 15 is 0 Å². The van der Waals surface area contributed by atoms with Crippen molar-refractivity contribution >= 4 is 51.4 Å². The molecule has 2 aliphatic heterocycles. The lowest BCUT2D eigenvalue weighted by Gasteiger charge is -2.20. The van der Waals surface area contributed by atoms with E-state index in [1.54, 1.807) is 6.08 Å². The number of benzene rings is 2. The maximum atomic E-state index is 12.8. The number of thioether (sulfide) groups is 1. The number of carbonyl (C=O) groups is 1. The van der Waals surface area contributed by atoms with Gasteiger partial charge in [-0.25, -0.2) is 0 Å². The molecule has 3 aromatic rings. The third kappa shape index (κ3) is 3.39. The van der Waals surface area contributed by atoms with Gasteiger partial charge in [-0.3, -0.25) is 10.2 Å². The Morgan fingerprint density at radius 1 is 1.06 bits per heavy atom. The third-order valence-corrected chi connectivity index (χ3v) is 6.62. The Morgan fingerprint density at radius 3 is 2.53 bits per heavy atom. The monoisotopic (exact) mass is 459 g/mol. The molecule has 1 amide bonds. The van der Waals surface area contributed by atoms with E-state index in [1.807, 2.05) is 79.1 Å². The van der Waals surface area contributed by atoms with Crippen LogP contribution in [0.1, 0.15) is 22.5 Å². The van der Waals surface area contributed by atoms with Crippen LogP contribution >= 0.6 is 23.4 Å². The second kappa shape index (κ2) is 7.93. The second-order valence-corrected chi connectivity index (χ2v) is 8.77. The summed E-state index contributed by atoms with van der Waals surface area (Å²) in [5, 5.41) is 16.3. The van der Waals surface area contributed by atoms with Crippen molar-refractivity contribution in [1.29, 1.82) is 5.41 Å². The molecular weight excluding hydrogens is 442 g/mol. The summed E-state index contributed by atoms with van der Waals surface area (Å²) in [5.41, 5.74) is 4.71. The maximum Gasteiger partial charge on any atom is 0.283 e. The number of fused-ring (bicyclic) bond motifs is 1. The van der Waals surface area contributed by atoms with E-state index in [4.69, 9.17) is 17.0 Å². The van der Waals surface area contributed by atoms with Crippen LogP contribution in [0, 0.1) is 19.3 Å². The highest BCUT2D eigenvalue weighted by Gasteiger charge is 2.36. The molecule has 0 fully saturated rings. The molecule has 5 rings (SSSR count). The number of aromatic nitrogens is 1. The minimum Gasteiger partial charge on any atom is -0.316 e. The van der Waals surface area contributed by atoms with Crippen molar-refractivity contribution in [2.45, 2.75) is 13.8 Å². The zero-order valence-electron chi connectivity index (χ0n) is 17.3. The first kappa shape index (κ1) is 20.5. The van der Waals surface area contributed by atoms with E-state index in [1.165, 1.54) is 16.8 Å². The van der Waals surface area contributed by atoms with Crippen LogP contribution in [0.2, 0.25) is 5.02 Å². The molecular formula is C24H18ClN5OS. The van der Waals surface area contributed by atoms with Crippen LogP contribution in [0.5, 0.6) is 0 Å². The lowest BCUT2D eigenvalue weighted by Crippen LogP contribution is -2.35. The molecule has 0 aliphatic carbocycles. The largest absolute Gasteiger partial charge is 0.316 e. The van der Waals surface area contributed by atoms with Crippen molar-refractivity contribution in [2.75, 3.05) is 0 Å². The third-order valence-electron chi connectivity index (χ3n) is 5.34. The number of nitrogens with zero attached hydrogens (tertiary/aromatic N) is 4. The van der Waals surface area contributed by atoms with E-state index in [9.17, 15) is 4.79 Å². The summed E-state index contributed by atoms with van der Waals surface area (Å²) in [7, 11) is 0. The lowest BCUT2D eigenvalue weighted by atomic mass is 10.1. The highest BCUT2D eigenvalue weighted by Crippen LogP contribution is 2.32. The molecule has 3 heterocycles. The fourth-order valence-corrected chi connectivity index (χ4v) is 4.90. The average molecular weight is 460 g/mol. The number of carbonyl (C=O) groups excluding carboxylic acids is 1. The number of aryl methyl sites for hydroxylation is 1. The van der Waals surface area contributed by atoms with Crippen LogP contribution in [0.15, 0.2) is 76.3 Å². The zero-order chi connectivity index (χ0) is 22.4. The predicted molar refractivity (Wildman–Crippen MR) is 131 cm³/mol. The van der Waals surface area contributed by atoms with Gasteiger partial charge < -0.3 is 4.57 Å². The number of amidine groups is 2. The highest BCUT2D eigenvalue weighted by atomic mass is 35.5. The van der Waals surface area contributed by atoms with Gasteiger partial charge >= 0.3 is 0 Å². The molecule has 0 bridgehead atoms. The number of hydrogen-bond donors (Lipinski definition) is 1. The zero-order valence-corrected chi connectivity index (χ0v) is 18.9. The lowest BCUT2D eigenvalue weighted by molar-refractivity contribution is -0.114. The number of aliphatic imine (C=N–C) groups is 1. The molecule has 1 N–H and O–H groups in total. The number of nitrogens with one attached hydrogen (secondary N) is 1. The van der Waals surface area contributed by atoms with Crippen LogP contribution in [0.25, 0.3) is 11.8 Å². The maximum absolute atomic E-state index is 12.8. The molecule has 2 aliphatic rings. The molecule has 0 spiro atoms. The molecule has 0 unspecified atom stereocenters. The van der Waals surface area contributed by atoms with Crippen LogP contribution in [-0.4, -0.2) is 31.5 Å². The first-order chi connectivity index (χ1) is 15.4. The van der Waals surface area contributed by atoms with Crippen molar-refractivity contribution in [3.05, 3.63) is 93.8 Å². The Hall–Kier alpha value is -3.42. The van der Waals surface area contributed by atoms with Gasteiger partial charge in [0.05, 0.1) is 16.3 Å². The fourth-order valence-electron chi connectivity index (χ4n) is 3.78. The molecule has 0 saturated heterocycles. The quantitative estimate of drug-likeness (QED) is 0.532. The Balaban J connectivity index is 1.53. The van der Waals surface area contributed by atoms with Crippen molar-refractivity contribution in [3.63, 3.8) is 0 Å². The van der Waals surface area contributed by atoms with E-state index in [0.717, 1.165) is 28.2 Å². The summed E-state index contributed by atoms with van der Waals surface area (Å²) in [5.74, 6) is -0.429. The molecule has 2 aromatic carbocycles. The van der Waals surface area contributed by atoms with E-state index in [-0.39, 0.29) is 11.4 Å². The van der Waals surface area contributed by atoms with E-state index in [0.29, 0.717) is 15.2 Å². The average Bonchev–Trinajstić information content (AvgIpc) is 3.33. The van der Waals surface area contributed by atoms with Crippen molar-refractivity contribution < 1.29 is 4.79 Å². The molecule has 0 saturated carbocycles. The second-order valence-electron chi connectivity index (χ2n) is 7.40. The van der Waals surface area contributed by atoms with Gasteiger partial charge in [0.1, 0.15) is 5.04 Å². The van der Waals surface area contributed by atoms with Crippen molar-refractivity contribution in [3.8, 4) is 5.69 Å². The van der Waals surface area contributed by atoms with Crippen molar-refractivity contribution in [1.82, 2.24) is 9.58 Å². The molecule has 1 aromatic heterocycles. The number of para-hydroxylation sites is 1. The van der Waals surface area contributed by atoms with Gasteiger partial charge in [0.25, 0.3) is 5.91 Å². The number of rotatable bonds is 3. The molecule has 8 heteroatoms. The van der Waals surface area contributed by atoms with Crippen LogP contribution in [-0.2, 0) is 4.79 Å². The minimum absolute atomic E-state index is 0.0148. The minimum atomic E-state index is -0.444. The normalized spacial score (nSPS) is 17.0. The topological polar surface area (TPSA) is 73.8 Å². The summed E-state index contributed by atoms with van der Waals surface area (Å²) < 4.78 is 2.04. The van der Waals surface area contributed by atoms with Crippen LogP contribution in [0.3, 0.4) is 0 Å². The number of hydrazone groups is 1. The predicted octanol–water partition coefficient (Wildman–Crippen LogP) is 5.42. The first-order valence-corrected chi connectivity index (χ1v) is 11.1. The summed E-state index contributed by atoms with van der Waals surface area (Å²) in [6.07, 6.45) is 1.71. The Morgan fingerprint density at radius 2 is 1.78 bits per heavy atom. The standard InChI is InChI=1S/C24H18ClN5OS/c1-14-12-17(15(2)29(14)20-11-7-6-10-19(20)25)13-18-21(26)30-24(27-22(18)31)32-23(28-30)16-8-4-3-5-9-16/h3-13,26H,1-2H3/b18-13-,26-21?.